The standard InChI is InChI=1S/C14H23N3O/c1-14(2,3)16-12-6-5-7-13(15-12)17(4)11-8-9-18-10-11/h5-7,11H,8-10H2,1-4H3,(H,15,16). The lowest BCUT2D eigenvalue weighted by Gasteiger charge is -2.26. The molecule has 1 aliphatic rings. The maximum atomic E-state index is 5.43. The van der Waals surface area contributed by atoms with Crippen molar-refractivity contribution in [3.05, 3.63) is 18.2 Å². The molecule has 2 heterocycles. The SMILES string of the molecule is CN(c1cccc(NC(C)(C)C)n1)C1CCOC1. The monoisotopic (exact) mass is 249 g/mol. The quantitative estimate of drug-likeness (QED) is 0.893. The van der Waals surface area contributed by atoms with E-state index in [4.69, 9.17) is 4.74 Å². The van der Waals surface area contributed by atoms with Gasteiger partial charge in [0, 0.05) is 19.2 Å². The van der Waals surface area contributed by atoms with Gasteiger partial charge in [0.25, 0.3) is 0 Å². The minimum atomic E-state index is 0.0284. The Morgan fingerprint density at radius 2 is 2.17 bits per heavy atom. The van der Waals surface area contributed by atoms with Crippen LogP contribution in [0.3, 0.4) is 0 Å². The highest BCUT2D eigenvalue weighted by atomic mass is 16.5. The number of rotatable bonds is 3. The first-order valence-corrected chi connectivity index (χ1v) is 6.51. The normalized spacial score (nSPS) is 19.9. The van der Waals surface area contributed by atoms with Crippen LogP contribution in [0.5, 0.6) is 0 Å². The van der Waals surface area contributed by atoms with Crippen LogP contribution in [-0.4, -0.2) is 36.8 Å². The first-order valence-electron chi connectivity index (χ1n) is 6.51. The van der Waals surface area contributed by atoms with Gasteiger partial charge in [-0.2, -0.15) is 0 Å². The van der Waals surface area contributed by atoms with Crippen molar-refractivity contribution >= 4 is 11.6 Å². The molecule has 18 heavy (non-hydrogen) atoms. The first-order chi connectivity index (χ1) is 8.46. The molecule has 1 N–H and O–H groups in total. The van der Waals surface area contributed by atoms with E-state index >= 15 is 0 Å². The van der Waals surface area contributed by atoms with Crippen molar-refractivity contribution in [3.63, 3.8) is 0 Å². The molecule has 4 nitrogen and oxygen atoms in total. The Morgan fingerprint density at radius 1 is 1.39 bits per heavy atom. The van der Waals surface area contributed by atoms with E-state index in [2.05, 4.69) is 43.0 Å². The van der Waals surface area contributed by atoms with Crippen LogP contribution in [0.2, 0.25) is 0 Å². The lowest BCUT2D eigenvalue weighted by Crippen LogP contribution is -2.33. The highest BCUT2D eigenvalue weighted by molar-refractivity contribution is 5.48. The molecule has 0 spiro atoms. The van der Waals surface area contributed by atoms with Gasteiger partial charge in [-0.3, -0.25) is 0 Å². The lowest BCUT2D eigenvalue weighted by atomic mass is 10.1. The molecule has 2 rings (SSSR count). The van der Waals surface area contributed by atoms with Crippen molar-refractivity contribution in [2.24, 2.45) is 0 Å². The van der Waals surface area contributed by atoms with Crippen LogP contribution in [-0.2, 0) is 4.74 Å². The zero-order valence-corrected chi connectivity index (χ0v) is 11.7. The van der Waals surface area contributed by atoms with E-state index in [0.717, 1.165) is 31.3 Å². The fraction of sp³-hybridized carbons (Fsp3) is 0.643. The number of hydrogen-bond acceptors (Lipinski definition) is 4. The molecule has 4 heteroatoms. The summed E-state index contributed by atoms with van der Waals surface area (Å²) >= 11 is 0. The summed E-state index contributed by atoms with van der Waals surface area (Å²) in [7, 11) is 2.09. The molecule has 1 fully saturated rings. The summed E-state index contributed by atoms with van der Waals surface area (Å²) < 4.78 is 5.43. The summed E-state index contributed by atoms with van der Waals surface area (Å²) in [5.74, 6) is 1.92. The van der Waals surface area contributed by atoms with E-state index in [9.17, 15) is 0 Å². The number of aromatic nitrogens is 1. The third kappa shape index (κ3) is 3.35. The second kappa shape index (κ2) is 5.14. The fourth-order valence-corrected chi connectivity index (χ4v) is 2.09. The van der Waals surface area contributed by atoms with E-state index in [0.29, 0.717) is 6.04 Å². The second-order valence-electron chi connectivity index (χ2n) is 5.88. The van der Waals surface area contributed by atoms with Crippen molar-refractivity contribution in [1.29, 1.82) is 0 Å². The van der Waals surface area contributed by atoms with Crippen LogP contribution in [0, 0.1) is 0 Å². The third-order valence-electron chi connectivity index (χ3n) is 3.05. The van der Waals surface area contributed by atoms with Gasteiger partial charge in [-0.05, 0) is 39.3 Å². The Kier molecular flexibility index (Phi) is 3.76. The molecule has 1 saturated heterocycles. The Hall–Kier alpha value is -1.29. The van der Waals surface area contributed by atoms with Gasteiger partial charge in [-0.15, -0.1) is 0 Å². The topological polar surface area (TPSA) is 37.4 Å². The highest BCUT2D eigenvalue weighted by Crippen LogP contribution is 2.21. The maximum Gasteiger partial charge on any atom is 0.131 e. The van der Waals surface area contributed by atoms with Crippen LogP contribution in [0.15, 0.2) is 18.2 Å². The predicted molar refractivity (Wildman–Crippen MR) is 75.2 cm³/mol. The number of pyridine rings is 1. The summed E-state index contributed by atoms with van der Waals surface area (Å²) in [5.41, 5.74) is 0.0284. The van der Waals surface area contributed by atoms with Gasteiger partial charge in [0.05, 0.1) is 12.6 Å². The fourth-order valence-electron chi connectivity index (χ4n) is 2.09. The Bertz CT molecular complexity index is 394. The van der Waals surface area contributed by atoms with Crippen molar-refractivity contribution in [1.82, 2.24) is 4.98 Å². The van der Waals surface area contributed by atoms with Crippen LogP contribution < -0.4 is 10.2 Å². The van der Waals surface area contributed by atoms with Crippen LogP contribution >= 0.6 is 0 Å². The van der Waals surface area contributed by atoms with Crippen molar-refractivity contribution in [3.8, 4) is 0 Å². The number of nitrogens with one attached hydrogen (secondary N) is 1. The number of anilines is 2. The van der Waals surface area contributed by atoms with Crippen molar-refractivity contribution < 1.29 is 4.74 Å². The Morgan fingerprint density at radius 3 is 2.78 bits per heavy atom. The van der Waals surface area contributed by atoms with Gasteiger partial charge in [0.15, 0.2) is 0 Å². The van der Waals surface area contributed by atoms with Gasteiger partial charge in [0.1, 0.15) is 11.6 Å². The summed E-state index contributed by atoms with van der Waals surface area (Å²) in [5, 5.41) is 3.40. The molecule has 0 radical (unpaired) electrons. The first kappa shape index (κ1) is 13.1. The molecule has 0 aliphatic carbocycles. The molecule has 1 aromatic rings. The molecule has 1 unspecified atom stereocenters. The maximum absolute atomic E-state index is 5.43. The van der Waals surface area contributed by atoms with Crippen LogP contribution in [0.1, 0.15) is 27.2 Å². The summed E-state index contributed by atoms with van der Waals surface area (Å²) in [6, 6.07) is 6.55. The minimum absolute atomic E-state index is 0.0284. The number of hydrogen-bond donors (Lipinski definition) is 1. The average Bonchev–Trinajstić information content (AvgIpc) is 2.79. The molecular formula is C14H23N3O. The minimum Gasteiger partial charge on any atom is -0.379 e. The predicted octanol–water partition coefficient (Wildman–Crippen LogP) is 2.52. The summed E-state index contributed by atoms with van der Waals surface area (Å²) in [6.45, 7) is 8.06. The molecule has 1 atom stereocenters. The smallest absolute Gasteiger partial charge is 0.131 e. The lowest BCUT2D eigenvalue weighted by molar-refractivity contribution is 0.193. The van der Waals surface area contributed by atoms with E-state index in [1.807, 2.05) is 18.2 Å². The molecule has 0 aromatic carbocycles. The van der Waals surface area contributed by atoms with E-state index < -0.39 is 0 Å². The van der Waals surface area contributed by atoms with Crippen LogP contribution in [0.25, 0.3) is 0 Å². The summed E-state index contributed by atoms with van der Waals surface area (Å²) in [4.78, 5) is 6.87. The molecule has 100 valence electrons. The largest absolute Gasteiger partial charge is 0.379 e. The van der Waals surface area contributed by atoms with Crippen molar-refractivity contribution in [2.75, 3.05) is 30.5 Å². The Labute approximate surface area is 109 Å². The van der Waals surface area contributed by atoms with Crippen LogP contribution in [0.4, 0.5) is 11.6 Å². The molecular weight excluding hydrogens is 226 g/mol. The molecule has 1 aliphatic heterocycles. The molecule has 0 bridgehead atoms. The molecule has 0 saturated carbocycles. The van der Waals surface area contributed by atoms with Gasteiger partial charge >= 0.3 is 0 Å². The van der Waals surface area contributed by atoms with E-state index in [1.54, 1.807) is 0 Å². The number of ether oxygens (including phenoxy) is 1. The zero-order valence-electron chi connectivity index (χ0n) is 11.7. The summed E-state index contributed by atoms with van der Waals surface area (Å²) in [6.07, 6.45) is 1.08. The van der Waals surface area contributed by atoms with Gasteiger partial charge < -0.3 is 15.0 Å². The van der Waals surface area contributed by atoms with E-state index in [1.165, 1.54) is 0 Å². The zero-order chi connectivity index (χ0) is 13.2. The second-order valence-corrected chi connectivity index (χ2v) is 5.88. The van der Waals surface area contributed by atoms with Crippen molar-refractivity contribution in [2.45, 2.75) is 38.8 Å². The molecule has 0 amide bonds. The van der Waals surface area contributed by atoms with Gasteiger partial charge in [0.2, 0.25) is 0 Å². The highest BCUT2D eigenvalue weighted by Gasteiger charge is 2.21. The van der Waals surface area contributed by atoms with Gasteiger partial charge in [-0.1, -0.05) is 6.07 Å². The molecule has 1 aromatic heterocycles. The Balaban J connectivity index is 2.11. The third-order valence-corrected chi connectivity index (χ3v) is 3.05. The van der Waals surface area contributed by atoms with E-state index in [-0.39, 0.29) is 5.54 Å². The number of likely N-dealkylation sites (N-methyl/N-ethyl adjacent to an activating group) is 1. The van der Waals surface area contributed by atoms with Gasteiger partial charge in [-0.25, -0.2) is 4.98 Å². The average molecular weight is 249 g/mol. The number of nitrogens with zero attached hydrogens (tertiary/aromatic N) is 2.